The highest BCUT2D eigenvalue weighted by atomic mass is 16.5. The Balaban J connectivity index is 1.50. The molecule has 0 unspecified atom stereocenters. The van der Waals surface area contributed by atoms with Crippen LogP contribution in [0.3, 0.4) is 0 Å². The summed E-state index contributed by atoms with van der Waals surface area (Å²) in [7, 11) is 1.95. The van der Waals surface area contributed by atoms with Gasteiger partial charge >= 0.3 is 5.97 Å². The lowest BCUT2D eigenvalue weighted by Gasteiger charge is -2.23. The Bertz CT molecular complexity index is 1270. The number of esters is 1. The highest BCUT2D eigenvalue weighted by Crippen LogP contribution is 2.26. The second kappa shape index (κ2) is 15.6. The first-order valence-corrected chi connectivity index (χ1v) is 13.7. The number of hydrogen-bond donors (Lipinski definition) is 2. The zero-order valence-electron chi connectivity index (χ0n) is 24.3. The maximum absolute atomic E-state index is 12.1. The third-order valence-corrected chi connectivity index (χ3v) is 6.75. The number of benzene rings is 3. The van der Waals surface area contributed by atoms with Crippen molar-refractivity contribution in [3.8, 4) is 0 Å². The molecule has 0 saturated heterocycles. The number of azo groups is 2. The van der Waals surface area contributed by atoms with E-state index in [2.05, 4.69) is 20.5 Å². The van der Waals surface area contributed by atoms with Crippen LogP contribution in [0.15, 0.2) is 93.3 Å². The molecule has 0 heterocycles. The van der Waals surface area contributed by atoms with E-state index in [0.717, 1.165) is 23.5 Å². The van der Waals surface area contributed by atoms with Crippen molar-refractivity contribution in [1.29, 1.82) is 0 Å². The molecule has 0 aliphatic rings. The lowest BCUT2D eigenvalue weighted by atomic mass is 9.91. The van der Waals surface area contributed by atoms with Gasteiger partial charge < -0.3 is 24.7 Å². The Morgan fingerprint density at radius 1 is 0.707 bits per heavy atom. The van der Waals surface area contributed by atoms with Gasteiger partial charge in [-0.2, -0.15) is 20.5 Å². The zero-order chi connectivity index (χ0) is 29.7. The van der Waals surface area contributed by atoms with Crippen molar-refractivity contribution in [2.45, 2.75) is 27.2 Å². The second-order valence-electron chi connectivity index (χ2n) is 10.2. The molecular weight excluding hydrogens is 520 g/mol. The quantitative estimate of drug-likeness (QED) is 0.157. The van der Waals surface area contributed by atoms with Gasteiger partial charge in [0.15, 0.2) is 0 Å². The molecule has 0 aliphatic carbocycles. The third kappa shape index (κ3) is 9.77. The standard InChI is InChI=1S/C31H40N6O4/c1-5-31(2,3)30(40)41-23-20-36(4)28-14-10-26(11-15-28)34-32-24-6-8-25(9-7-24)33-35-27-12-16-29(17-13-27)37(18-21-38)19-22-39/h6-17,38-39H,5,18-23H2,1-4H3. The van der Waals surface area contributed by atoms with Crippen LogP contribution >= 0.6 is 0 Å². The van der Waals surface area contributed by atoms with E-state index in [1.807, 2.05) is 110 Å². The molecule has 218 valence electrons. The van der Waals surface area contributed by atoms with E-state index in [1.165, 1.54) is 0 Å². The number of rotatable bonds is 15. The van der Waals surface area contributed by atoms with E-state index in [4.69, 9.17) is 4.74 Å². The van der Waals surface area contributed by atoms with Crippen LogP contribution in [0.1, 0.15) is 27.2 Å². The number of hydrogen-bond acceptors (Lipinski definition) is 10. The van der Waals surface area contributed by atoms with E-state index in [0.29, 0.717) is 43.3 Å². The summed E-state index contributed by atoms with van der Waals surface area (Å²) in [4.78, 5) is 16.1. The van der Waals surface area contributed by atoms with Crippen LogP contribution in [0.5, 0.6) is 0 Å². The smallest absolute Gasteiger partial charge is 0.311 e. The maximum atomic E-state index is 12.1. The number of ether oxygens (including phenoxy) is 1. The molecule has 3 aromatic carbocycles. The minimum atomic E-state index is -0.463. The lowest BCUT2D eigenvalue weighted by Crippen LogP contribution is -2.30. The van der Waals surface area contributed by atoms with E-state index in [-0.39, 0.29) is 19.2 Å². The summed E-state index contributed by atoms with van der Waals surface area (Å²) < 4.78 is 5.43. The number of carbonyl (C=O) groups excluding carboxylic acids is 1. The van der Waals surface area contributed by atoms with Crippen molar-refractivity contribution in [1.82, 2.24) is 0 Å². The molecular formula is C31H40N6O4. The molecule has 0 saturated carbocycles. The largest absolute Gasteiger partial charge is 0.463 e. The maximum Gasteiger partial charge on any atom is 0.311 e. The summed E-state index contributed by atoms with van der Waals surface area (Å²) in [5.74, 6) is -0.173. The molecule has 0 aromatic heterocycles. The Labute approximate surface area is 242 Å². The summed E-state index contributed by atoms with van der Waals surface area (Å²) in [5, 5.41) is 35.6. The van der Waals surface area contributed by atoms with Crippen molar-refractivity contribution in [2.75, 3.05) is 56.3 Å². The van der Waals surface area contributed by atoms with Gasteiger partial charge in [-0.3, -0.25) is 4.79 Å². The molecule has 0 aliphatic heterocycles. The summed E-state index contributed by atoms with van der Waals surface area (Å²) in [6.45, 7) is 7.62. The molecule has 0 amide bonds. The molecule has 0 bridgehead atoms. The average molecular weight is 561 g/mol. The van der Waals surface area contributed by atoms with Gasteiger partial charge in [0, 0.05) is 31.5 Å². The van der Waals surface area contributed by atoms with Gasteiger partial charge in [-0.05, 0) is 93.1 Å². The van der Waals surface area contributed by atoms with Crippen molar-refractivity contribution in [2.24, 2.45) is 25.9 Å². The van der Waals surface area contributed by atoms with Crippen LogP contribution in [-0.4, -0.2) is 62.7 Å². The lowest BCUT2D eigenvalue weighted by molar-refractivity contribution is -0.153. The van der Waals surface area contributed by atoms with Gasteiger partial charge in [-0.15, -0.1) is 0 Å². The molecule has 2 N–H and O–H groups in total. The second-order valence-corrected chi connectivity index (χ2v) is 10.2. The topological polar surface area (TPSA) is 123 Å². The first kappa shape index (κ1) is 31.4. The van der Waals surface area contributed by atoms with E-state index < -0.39 is 5.41 Å². The van der Waals surface area contributed by atoms with Gasteiger partial charge in [-0.25, -0.2) is 0 Å². The monoisotopic (exact) mass is 560 g/mol. The third-order valence-electron chi connectivity index (χ3n) is 6.75. The summed E-state index contributed by atoms with van der Waals surface area (Å²) >= 11 is 0. The molecule has 10 heteroatoms. The summed E-state index contributed by atoms with van der Waals surface area (Å²) in [6.07, 6.45) is 0.739. The molecule has 3 rings (SSSR count). The van der Waals surface area contributed by atoms with Crippen molar-refractivity contribution < 1.29 is 19.7 Å². The van der Waals surface area contributed by atoms with E-state index in [9.17, 15) is 15.0 Å². The van der Waals surface area contributed by atoms with Gasteiger partial charge in [0.05, 0.1) is 47.9 Å². The SMILES string of the molecule is CCC(C)(C)C(=O)OCCN(C)c1ccc(N=Nc2ccc(N=Nc3ccc(N(CCO)CCO)cc3)cc2)cc1. The molecule has 0 radical (unpaired) electrons. The Kier molecular flexibility index (Phi) is 11.9. The predicted octanol–water partition coefficient (Wildman–Crippen LogP) is 6.72. The highest BCUT2D eigenvalue weighted by Gasteiger charge is 2.26. The Morgan fingerprint density at radius 2 is 1.10 bits per heavy atom. The van der Waals surface area contributed by atoms with Crippen molar-refractivity contribution >= 4 is 40.1 Å². The number of aliphatic hydroxyl groups is 2. The minimum Gasteiger partial charge on any atom is -0.463 e. The number of anilines is 2. The van der Waals surface area contributed by atoms with Crippen LogP contribution in [0.25, 0.3) is 0 Å². The predicted molar refractivity (Wildman–Crippen MR) is 162 cm³/mol. The first-order valence-electron chi connectivity index (χ1n) is 13.7. The zero-order valence-corrected chi connectivity index (χ0v) is 24.3. The molecule has 10 nitrogen and oxygen atoms in total. The van der Waals surface area contributed by atoms with Crippen LogP contribution in [0.2, 0.25) is 0 Å². The number of likely N-dealkylation sites (N-methyl/N-ethyl adjacent to an activating group) is 1. The summed E-state index contributed by atoms with van der Waals surface area (Å²) in [5.41, 5.74) is 4.23. The molecule has 0 spiro atoms. The fourth-order valence-corrected chi connectivity index (χ4v) is 3.68. The molecule has 3 aromatic rings. The van der Waals surface area contributed by atoms with Gasteiger partial charge in [0.25, 0.3) is 0 Å². The van der Waals surface area contributed by atoms with Crippen LogP contribution in [0, 0.1) is 5.41 Å². The highest BCUT2D eigenvalue weighted by molar-refractivity contribution is 5.75. The van der Waals surface area contributed by atoms with Crippen LogP contribution in [0.4, 0.5) is 34.1 Å². The minimum absolute atomic E-state index is 0.0140. The van der Waals surface area contributed by atoms with Crippen LogP contribution in [-0.2, 0) is 9.53 Å². The Morgan fingerprint density at radius 3 is 1.49 bits per heavy atom. The average Bonchev–Trinajstić information content (AvgIpc) is 2.99. The molecule has 0 fully saturated rings. The van der Waals surface area contributed by atoms with Crippen LogP contribution < -0.4 is 9.80 Å². The van der Waals surface area contributed by atoms with Crippen molar-refractivity contribution in [3.05, 3.63) is 72.8 Å². The number of nitrogens with zero attached hydrogens (tertiary/aromatic N) is 6. The Hall–Kier alpha value is -4.15. The molecule has 0 atom stereocenters. The van der Waals surface area contributed by atoms with E-state index in [1.54, 1.807) is 0 Å². The number of aliphatic hydroxyl groups excluding tert-OH is 2. The van der Waals surface area contributed by atoms with Gasteiger partial charge in [-0.1, -0.05) is 6.92 Å². The van der Waals surface area contributed by atoms with Gasteiger partial charge in [0.1, 0.15) is 6.61 Å². The fraction of sp³-hybridized carbons (Fsp3) is 0.387. The molecule has 41 heavy (non-hydrogen) atoms. The number of carbonyl (C=O) groups is 1. The van der Waals surface area contributed by atoms with Gasteiger partial charge in [0.2, 0.25) is 0 Å². The van der Waals surface area contributed by atoms with Crippen molar-refractivity contribution in [3.63, 3.8) is 0 Å². The summed E-state index contributed by atoms with van der Waals surface area (Å²) in [6, 6.07) is 22.5. The fourth-order valence-electron chi connectivity index (χ4n) is 3.68. The first-order chi connectivity index (χ1) is 19.7. The van der Waals surface area contributed by atoms with E-state index >= 15 is 0 Å². The normalized spacial score (nSPS) is 11.8.